The molecule has 1 aliphatic rings. The van der Waals surface area contributed by atoms with Gasteiger partial charge in [0.2, 0.25) is 5.91 Å². The molecule has 0 spiro atoms. The molecule has 1 atom stereocenters. The Morgan fingerprint density at radius 1 is 1.57 bits per heavy atom. The largest absolute Gasteiger partial charge is 0.295 e. The van der Waals surface area contributed by atoms with Crippen LogP contribution >= 0.6 is 0 Å². The molecule has 1 amide bonds. The minimum absolute atomic E-state index is 0.0533. The maximum atomic E-state index is 12.0. The van der Waals surface area contributed by atoms with Crippen LogP contribution in [0.1, 0.15) is 20.3 Å². The Morgan fingerprint density at radius 3 is 2.71 bits per heavy atom. The summed E-state index contributed by atoms with van der Waals surface area (Å²) in [4.78, 5) is 16.2. The molecule has 1 aliphatic carbocycles. The van der Waals surface area contributed by atoms with Gasteiger partial charge in [0.05, 0.1) is 13.2 Å². The lowest BCUT2D eigenvalue weighted by molar-refractivity contribution is -0.127. The predicted molar refractivity (Wildman–Crippen MR) is 82.2 cm³/mol. The molecule has 0 heterocycles. The van der Waals surface area contributed by atoms with Gasteiger partial charge in [0, 0.05) is 6.92 Å². The zero-order valence-electron chi connectivity index (χ0n) is 12.3. The Kier molecular flexibility index (Phi) is 6.04. The fraction of sp³-hybridized carbons (Fsp3) is 0.429. The Balaban J connectivity index is 2.58. The van der Waals surface area contributed by atoms with Crippen LogP contribution < -0.4 is 0 Å². The molecule has 0 aromatic carbocycles. The van der Waals surface area contributed by atoms with E-state index in [0.29, 0.717) is 6.42 Å². The summed E-state index contributed by atoms with van der Waals surface area (Å²) >= 11 is 0. The topological polar surface area (TPSA) is 76.0 Å². The first-order valence-corrected chi connectivity index (χ1v) is 7.92. The summed E-state index contributed by atoms with van der Waals surface area (Å²) in [7, 11) is -3.71. The molecule has 0 saturated carbocycles. The first kappa shape index (κ1) is 17.3. The first-order valence-electron chi connectivity index (χ1n) is 6.45. The second kappa shape index (κ2) is 7.33. The zero-order valence-corrected chi connectivity index (χ0v) is 13.1. The number of hydrogen-bond acceptors (Lipinski definition) is 5. The molecule has 7 heteroatoms. The fourth-order valence-corrected chi connectivity index (χ4v) is 2.89. The smallest absolute Gasteiger partial charge is 0.274 e. The van der Waals surface area contributed by atoms with Crippen molar-refractivity contribution in [2.45, 2.75) is 25.5 Å². The highest BCUT2D eigenvalue weighted by Gasteiger charge is 2.25. The summed E-state index contributed by atoms with van der Waals surface area (Å²) in [5.41, 5.74) is 1.03. The second-order valence-electron chi connectivity index (χ2n) is 4.64. The monoisotopic (exact) mass is 312 g/mol. The average Bonchev–Trinajstić information content (AvgIpc) is 2.43. The lowest BCUT2D eigenvalue weighted by Gasteiger charge is -2.21. The van der Waals surface area contributed by atoms with Crippen LogP contribution in [-0.2, 0) is 19.1 Å². The molecule has 0 saturated heterocycles. The third-order valence-corrected chi connectivity index (χ3v) is 4.64. The van der Waals surface area contributed by atoms with Crippen LogP contribution in [-0.4, -0.2) is 44.3 Å². The molecule has 0 aromatic rings. The molecule has 1 rings (SSSR count). The second-order valence-corrected chi connectivity index (χ2v) is 6.47. The van der Waals surface area contributed by atoms with Crippen molar-refractivity contribution in [1.29, 1.82) is 0 Å². The molecule has 6 nitrogen and oxygen atoms in total. The van der Waals surface area contributed by atoms with Gasteiger partial charge in [-0.2, -0.15) is 8.42 Å². The van der Waals surface area contributed by atoms with Gasteiger partial charge in [-0.1, -0.05) is 30.4 Å². The number of aliphatic imine (C=N–C) groups is 1. The molecule has 0 radical (unpaired) electrons. The van der Waals surface area contributed by atoms with Gasteiger partial charge in [-0.05, 0) is 20.1 Å². The van der Waals surface area contributed by atoms with E-state index in [4.69, 9.17) is 4.18 Å². The summed E-state index contributed by atoms with van der Waals surface area (Å²) in [6.45, 7) is 9.98. The number of rotatable bonds is 7. The summed E-state index contributed by atoms with van der Waals surface area (Å²) in [6, 6.07) is 0. The first-order chi connectivity index (χ1) is 9.77. The maximum absolute atomic E-state index is 12.0. The Morgan fingerprint density at radius 2 is 2.24 bits per heavy atom. The van der Waals surface area contributed by atoms with Crippen LogP contribution in [0.15, 0.2) is 41.2 Å². The van der Waals surface area contributed by atoms with Gasteiger partial charge in [-0.25, -0.2) is 4.99 Å². The fourth-order valence-electron chi connectivity index (χ4n) is 1.81. The van der Waals surface area contributed by atoms with E-state index in [-0.39, 0.29) is 24.9 Å². The van der Waals surface area contributed by atoms with Crippen molar-refractivity contribution in [2.75, 3.05) is 13.2 Å². The van der Waals surface area contributed by atoms with E-state index in [1.54, 1.807) is 12.2 Å². The Bertz CT molecular complexity index is 590. The Hall–Kier alpha value is -1.73. The van der Waals surface area contributed by atoms with Crippen LogP contribution in [0.2, 0.25) is 0 Å². The van der Waals surface area contributed by atoms with Crippen LogP contribution in [0.3, 0.4) is 0 Å². The number of nitrogens with zero attached hydrogens (tertiary/aromatic N) is 2. The number of amides is 1. The normalized spacial score (nSPS) is 18.0. The number of hydrogen-bond donors (Lipinski definition) is 0. The molecule has 0 N–H and O–H groups in total. The third kappa shape index (κ3) is 4.95. The SMILES string of the molecule is C=NC(=C)N(CCOS(=O)(=O)C1C=CC(C)=CC1)C(C)=O. The summed E-state index contributed by atoms with van der Waals surface area (Å²) in [5, 5.41) is -0.687. The number of allylic oxidation sites excluding steroid dienone is 3. The van der Waals surface area contributed by atoms with E-state index in [9.17, 15) is 13.2 Å². The average molecular weight is 312 g/mol. The highest BCUT2D eigenvalue weighted by Crippen LogP contribution is 2.18. The van der Waals surface area contributed by atoms with Crippen molar-refractivity contribution in [2.24, 2.45) is 4.99 Å². The molecular weight excluding hydrogens is 292 g/mol. The van der Waals surface area contributed by atoms with Gasteiger partial charge in [-0.3, -0.25) is 13.9 Å². The van der Waals surface area contributed by atoms with E-state index >= 15 is 0 Å². The van der Waals surface area contributed by atoms with Gasteiger partial charge < -0.3 is 0 Å². The highest BCUT2D eigenvalue weighted by molar-refractivity contribution is 7.87. The number of carbonyl (C=O) groups excluding carboxylic acids is 1. The zero-order chi connectivity index (χ0) is 16.0. The predicted octanol–water partition coefficient (Wildman–Crippen LogP) is 1.63. The van der Waals surface area contributed by atoms with E-state index in [1.165, 1.54) is 11.8 Å². The van der Waals surface area contributed by atoms with Crippen LogP contribution in [0.5, 0.6) is 0 Å². The van der Waals surface area contributed by atoms with Gasteiger partial charge >= 0.3 is 0 Å². The van der Waals surface area contributed by atoms with Crippen LogP contribution in [0.25, 0.3) is 0 Å². The standard InChI is InChI=1S/C14H20N2O4S/c1-11-5-7-14(8-6-11)21(18,19)20-10-9-16(13(3)17)12(2)15-4/h5-7,14H,2,4,8-10H2,1,3H3. The van der Waals surface area contributed by atoms with Crippen molar-refractivity contribution in [1.82, 2.24) is 4.90 Å². The van der Waals surface area contributed by atoms with Crippen molar-refractivity contribution >= 4 is 22.7 Å². The maximum Gasteiger partial charge on any atom is 0.274 e. The highest BCUT2D eigenvalue weighted by atomic mass is 32.2. The third-order valence-electron chi connectivity index (χ3n) is 3.05. The lowest BCUT2D eigenvalue weighted by atomic mass is 10.1. The van der Waals surface area contributed by atoms with Gasteiger partial charge in [0.1, 0.15) is 11.1 Å². The molecule has 0 aliphatic heterocycles. The molecule has 0 bridgehead atoms. The van der Waals surface area contributed by atoms with Gasteiger partial charge in [0.15, 0.2) is 0 Å². The molecule has 1 unspecified atom stereocenters. The molecule has 0 fully saturated rings. The lowest BCUT2D eigenvalue weighted by Crippen LogP contribution is -2.32. The minimum atomic E-state index is -3.71. The van der Waals surface area contributed by atoms with Crippen LogP contribution in [0.4, 0.5) is 0 Å². The summed E-state index contributed by atoms with van der Waals surface area (Å²) < 4.78 is 29.0. The molecule has 0 aromatic heterocycles. The Labute approximate surface area is 125 Å². The van der Waals surface area contributed by atoms with Crippen molar-refractivity contribution in [3.05, 3.63) is 36.2 Å². The minimum Gasteiger partial charge on any atom is -0.295 e. The van der Waals surface area contributed by atoms with E-state index < -0.39 is 15.4 Å². The van der Waals surface area contributed by atoms with Crippen LogP contribution in [0, 0.1) is 0 Å². The summed E-state index contributed by atoms with van der Waals surface area (Å²) in [5.74, 6) is -0.135. The van der Waals surface area contributed by atoms with Crippen molar-refractivity contribution < 1.29 is 17.4 Å². The van der Waals surface area contributed by atoms with E-state index in [0.717, 1.165) is 5.57 Å². The quantitative estimate of drug-likeness (QED) is 0.529. The number of carbonyl (C=O) groups is 1. The van der Waals surface area contributed by atoms with Gasteiger partial charge in [0.25, 0.3) is 10.1 Å². The molecule has 21 heavy (non-hydrogen) atoms. The van der Waals surface area contributed by atoms with E-state index in [2.05, 4.69) is 18.3 Å². The van der Waals surface area contributed by atoms with Crippen molar-refractivity contribution in [3.8, 4) is 0 Å². The van der Waals surface area contributed by atoms with E-state index in [1.807, 2.05) is 13.0 Å². The molecule has 116 valence electrons. The summed E-state index contributed by atoms with van der Waals surface area (Å²) in [6.07, 6.45) is 5.59. The van der Waals surface area contributed by atoms with Gasteiger partial charge in [-0.15, -0.1) is 0 Å². The molecular formula is C14H20N2O4S. The van der Waals surface area contributed by atoms with Crippen molar-refractivity contribution in [3.63, 3.8) is 0 Å².